The molecule has 0 aromatic heterocycles. The van der Waals surface area contributed by atoms with Crippen molar-refractivity contribution >= 4 is 0 Å². The van der Waals surface area contributed by atoms with E-state index in [1.165, 1.54) is 0 Å². The molecule has 0 saturated heterocycles. The van der Waals surface area contributed by atoms with Crippen molar-refractivity contribution in [1.29, 1.82) is 0 Å². The van der Waals surface area contributed by atoms with Crippen LogP contribution >= 0.6 is 0 Å². The lowest BCUT2D eigenvalue weighted by Gasteiger charge is -2.17. The van der Waals surface area contributed by atoms with Gasteiger partial charge in [0, 0.05) is 0 Å². The number of hydrogen-bond acceptors (Lipinski definition) is 3. The van der Waals surface area contributed by atoms with E-state index in [0.717, 1.165) is 13.0 Å². The lowest BCUT2D eigenvalue weighted by molar-refractivity contribution is 0.0473. The van der Waals surface area contributed by atoms with E-state index in [1.54, 1.807) is 0 Å². The molecule has 0 aliphatic rings. The lowest BCUT2D eigenvalue weighted by atomic mass is 10.3. The van der Waals surface area contributed by atoms with Crippen molar-refractivity contribution in [3.05, 3.63) is 0 Å². The van der Waals surface area contributed by atoms with Gasteiger partial charge in [0.2, 0.25) is 0 Å². The molecular weight excluding hydrogens is 154 g/mol. The molecule has 3 heteroatoms. The third-order valence-electron chi connectivity index (χ3n) is 1.53. The first-order valence-corrected chi connectivity index (χ1v) is 4.66. The number of nitrogens with one attached hydrogen (secondary N) is 1. The van der Waals surface area contributed by atoms with Gasteiger partial charge in [-0.15, -0.1) is 0 Å². The summed E-state index contributed by atoms with van der Waals surface area (Å²) in [7, 11) is 0. The summed E-state index contributed by atoms with van der Waals surface area (Å²) in [5, 5.41) is 12.1. The summed E-state index contributed by atoms with van der Waals surface area (Å²) in [5.41, 5.74) is 0. The molecule has 3 nitrogen and oxygen atoms in total. The minimum atomic E-state index is 0.0901. The first kappa shape index (κ1) is 11.9. The molecule has 0 radical (unpaired) electrons. The predicted molar refractivity (Wildman–Crippen MR) is 50.3 cm³/mol. The van der Waals surface area contributed by atoms with Crippen LogP contribution in [0.1, 0.15) is 27.2 Å². The van der Waals surface area contributed by atoms with Gasteiger partial charge in [-0.1, -0.05) is 6.92 Å². The smallest absolute Gasteiger partial charge is 0.0645 e. The molecule has 0 aromatic rings. The third-order valence-corrected chi connectivity index (χ3v) is 1.53. The number of aliphatic hydroxyl groups is 1. The van der Waals surface area contributed by atoms with Crippen molar-refractivity contribution in [2.24, 2.45) is 0 Å². The van der Waals surface area contributed by atoms with E-state index in [9.17, 15) is 0 Å². The maximum Gasteiger partial charge on any atom is 0.0645 e. The summed E-state index contributed by atoms with van der Waals surface area (Å²) < 4.78 is 5.37. The van der Waals surface area contributed by atoms with Gasteiger partial charge in [0.1, 0.15) is 0 Å². The van der Waals surface area contributed by atoms with E-state index < -0.39 is 0 Å². The monoisotopic (exact) mass is 175 g/mol. The highest BCUT2D eigenvalue weighted by molar-refractivity contribution is 4.63. The van der Waals surface area contributed by atoms with Gasteiger partial charge < -0.3 is 15.2 Å². The van der Waals surface area contributed by atoms with E-state index in [1.807, 2.05) is 13.8 Å². The molecule has 12 heavy (non-hydrogen) atoms. The van der Waals surface area contributed by atoms with Crippen LogP contribution in [0.4, 0.5) is 0 Å². The van der Waals surface area contributed by atoms with Gasteiger partial charge in [-0.25, -0.2) is 0 Å². The second-order valence-corrected chi connectivity index (χ2v) is 3.22. The van der Waals surface area contributed by atoms with Crippen molar-refractivity contribution in [3.63, 3.8) is 0 Å². The van der Waals surface area contributed by atoms with Crippen molar-refractivity contribution in [2.75, 3.05) is 19.8 Å². The minimum absolute atomic E-state index is 0.0901. The second-order valence-electron chi connectivity index (χ2n) is 3.22. The molecular formula is C9H21NO2. The Bertz CT molecular complexity index is 96.5. The molecule has 0 aliphatic carbocycles. The largest absolute Gasteiger partial charge is 0.395 e. The van der Waals surface area contributed by atoms with Crippen molar-refractivity contribution in [3.8, 4) is 0 Å². The Balaban J connectivity index is 3.39. The zero-order valence-corrected chi connectivity index (χ0v) is 8.34. The van der Waals surface area contributed by atoms with Crippen LogP contribution in [0.3, 0.4) is 0 Å². The standard InChI is InChI=1S/C9H21NO2/c1-4-5-10-9(6-11)7-12-8(2)3/h8-11H,4-7H2,1-3H3. The van der Waals surface area contributed by atoms with Gasteiger partial charge in [0.05, 0.1) is 25.4 Å². The summed E-state index contributed by atoms with van der Waals surface area (Å²) in [5.74, 6) is 0. The van der Waals surface area contributed by atoms with Crippen LogP contribution in [0.5, 0.6) is 0 Å². The molecule has 0 heterocycles. The molecule has 0 fully saturated rings. The van der Waals surface area contributed by atoms with Crippen LogP contribution in [-0.4, -0.2) is 37.0 Å². The lowest BCUT2D eigenvalue weighted by Crippen LogP contribution is -2.37. The average molecular weight is 175 g/mol. The van der Waals surface area contributed by atoms with Crippen LogP contribution in [0.2, 0.25) is 0 Å². The molecule has 0 saturated carbocycles. The SMILES string of the molecule is CCCNC(CO)COC(C)C. The molecule has 1 atom stereocenters. The molecule has 0 aliphatic heterocycles. The molecule has 0 spiro atoms. The summed E-state index contributed by atoms with van der Waals surface area (Å²) in [6, 6.07) is 0.0901. The zero-order valence-electron chi connectivity index (χ0n) is 8.34. The molecule has 1 unspecified atom stereocenters. The first-order chi connectivity index (χ1) is 5.70. The summed E-state index contributed by atoms with van der Waals surface area (Å²) in [4.78, 5) is 0. The van der Waals surface area contributed by atoms with Crippen molar-refractivity contribution in [2.45, 2.75) is 39.3 Å². The average Bonchev–Trinajstić information content (AvgIpc) is 2.05. The molecule has 0 bridgehead atoms. The Hall–Kier alpha value is -0.120. The normalized spacial score (nSPS) is 13.8. The fourth-order valence-corrected chi connectivity index (χ4v) is 0.833. The fourth-order valence-electron chi connectivity index (χ4n) is 0.833. The summed E-state index contributed by atoms with van der Waals surface area (Å²) >= 11 is 0. The van der Waals surface area contributed by atoms with E-state index in [2.05, 4.69) is 12.2 Å². The van der Waals surface area contributed by atoms with Gasteiger partial charge in [0.15, 0.2) is 0 Å². The number of aliphatic hydroxyl groups excluding tert-OH is 1. The topological polar surface area (TPSA) is 41.5 Å². The predicted octanol–water partition coefficient (Wildman–Crippen LogP) is 0.772. The van der Waals surface area contributed by atoms with Gasteiger partial charge in [0.25, 0.3) is 0 Å². The molecule has 0 amide bonds. The Labute approximate surface area is 75.1 Å². The van der Waals surface area contributed by atoms with Crippen molar-refractivity contribution in [1.82, 2.24) is 5.32 Å². The van der Waals surface area contributed by atoms with Gasteiger partial charge in [-0.05, 0) is 26.8 Å². The number of rotatable bonds is 7. The van der Waals surface area contributed by atoms with E-state index in [4.69, 9.17) is 9.84 Å². The van der Waals surface area contributed by atoms with Gasteiger partial charge in [-0.2, -0.15) is 0 Å². The van der Waals surface area contributed by atoms with Crippen LogP contribution in [0.15, 0.2) is 0 Å². The van der Waals surface area contributed by atoms with Gasteiger partial charge >= 0.3 is 0 Å². The van der Waals surface area contributed by atoms with Crippen molar-refractivity contribution < 1.29 is 9.84 Å². The summed E-state index contributed by atoms with van der Waals surface area (Å²) in [6.07, 6.45) is 1.32. The third kappa shape index (κ3) is 6.58. The second kappa shape index (κ2) is 7.53. The number of hydrogen-bond donors (Lipinski definition) is 2. The highest BCUT2D eigenvalue weighted by Gasteiger charge is 2.06. The Morgan fingerprint density at radius 3 is 2.50 bits per heavy atom. The highest BCUT2D eigenvalue weighted by Crippen LogP contribution is 1.91. The Morgan fingerprint density at radius 1 is 1.42 bits per heavy atom. The maximum atomic E-state index is 8.92. The Kier molecular flexibility index (Phi) is 7.45. The summed E-state index contributed by atoms with van der Waals surface area (Å²) in [6.45, 7) is 7.76. The Morgan fingerprint density at radius 2 is 2.08 bits per heavy atom. The number of ether oxygens (including phenoxy) is 1. The van der Waals surface area contributed by atoms with Crippen LogP contribution in [0, 0.1) is 0 Å². The van der Waals surface area contributed by atoms with Crippen LogP contribution in [-0.2, 0) is 4.74 Å². The first-order valence-electron chi connectivity index (χ1n) is 4.66. The molecule has 0 aromatic carbocycles. The highest BCUT2D eigenvalue weighted by atomic mass is 16.5. The molecule has 74 valence electrons. The van der Waals surface area contributed by atoms with Crippen LogP contribution < -0.4 is 5.32 Å². The molecule has 2 N–H and O–H groups in total. The van der Waals surface area contributed by atoms with Crippen LogP contribution in [0.25, 0.3) is 0 Å². The van der Waals surface area contributed by atoms with E-state index in [0.29, 0.717) is 6.61 Å². The van der Waals surface area contributed by atoms with E-state index in [-0.39, 0.29) is 18.8 Å². The fraction of sp³-hybridized carbons (Fsp3) is 1.00. The van der Waals surface area contributed by atoms with Gasteiger partial charge in [-0.3, -0.25) is 0 Å². The van der Waals surface area contributed by atoms with E-state index >= 15 is 0 Å². The molecule has 0 rings (SSSR count). The zero-order chi connectivity index (χ0) is 9.40. The maximum absolute atomic E-state index is 8.92. The minimum Gasteiger partial charge on any atom is -0.395 e. The quantitative estimate of drug-likeness (QED) is 0.600.